The maximum absolute atomic E-state index is 13.0. The number of benzene rings is 1. The predicted octanol–water partition coefficient (Wildman–Crippen LogP) is 4.54. The second-order valence-corrected chi connectivity index (χ2v) is 8.12. The van der Waals surface area contributed by atoms with Crippen LogP contribution in [-0.4, -0.2) is 32.5 Å². The Morgan fingerprint density at radius 1 is 1.03 bits per heavy atom. The molecule has 1 aromatic heterocycles. The van der Waals surface area contributed by atoms with Gasteiger partial charge in [0.25, 0.3) is 11.2 Å². The number of nitro benzene ring substituents is 1. The summed E-state index contributed by atoms with van der Waals surface area (Å²) in [6, 6.07) is 3.91. The standard InChI is InChI=1S/C24H34N4O6/c1-4-6-8-9-10-11-15-27-23(30)19(22(29)26(24(27)31)14-7-5-2)17-25-20-16-18(28(32)33)12-13-21(20)34-3/h12-13,16-17,30H,4-11,14-15H2,1-3H3. The smallest absolute Gasteiger partial charge is 0.333 e. The number of hydrogen-bond acceptors (Lipinski definition) is 7. The van der Waals surface area contributed by atoms with Crippen molar-refractivity contribution in [1.82, 2.24) is 9.13 Å². The number of hydrogen-bond donors (Lipinski definition) is 1. The normalized spacial score (nSPS) is 11.3. The van der Waals surface area contributed by atoms with Crippen LogP contribution in [0.5, 0.6) is 11.6 Å². The van der Waals surface area contributed by atoms with E-state index in [2.05, 4.69) is 11.9 Å². The number of aliphatic imine (C=N–C) groups is 1. The number of rotatable bonds is 14. The number of aromatic nitrogens is 2. The third kappa shape index (κ3) is 6.79. The van der Waals surface area contributed by atoms with E-state index < -0.39 is 22.1 Å². The van der Waals surface area contributed by atoms with Crippen LogP contribution in [0.25, 0.3) is 0 Å². The molecule has 1 heterocycles. The highest BCUT2D eigenvalue weighted by Crippen LogP contribution is 2.31. The third-order valence-corrected chi connectivity index (χ3v) is 5.61. The molecule has 1 aromatic carbocycles. The van der Waals surface area contributed by atoms with E-state index in [1.807, 2.05) is 6.92 Å². The van der Waals surface area contributed by atoms with E-state index in [9.17, 15) is 24.8 Å². The van der Waals surface area contributed by atoms with Gasteiger partial charge in [-0.1, -0.05) is 52.4 Å². The Kier molecular flexibility index (Phi) is 10.5. The van der Waals surface area contributed by atoms with Gasteiger partial charge in [-0.2, -0.15) is 0 Å². The van der Waals surface area contributed by atoms with Gasteiger partial charge in [-0.05, 0) is 18.9 Å². The Hall–Kier alpha value is -3.43. The Bertz CT molecular complexity index is 1120. The molecular formula is C24H34N4O6. The van der Waals surface area contributed by atoms with Crippen molar-refractivity contribution in [1.29, 1.82) is 0 Å². The highest BCUT2D eigenvalue weighted by atomic mass is 16.6. The molecule has 0 saturated carbocycles. The minimum absolute atomic E-state index is 0.129. The molecule has 0 saturated heterocycles. The van der Waals surface area contributed by atoms with Gasteiger partial charge in [-0.25, -0.2) is 4.79 Å². The first-order valence-corrected chi connectivity index (χ1v) is 11.8. The van der Waals surface area contributed by atoms with Crippen molar-refractivity contribution in [2.75, 3.05) is 7.11 Å². The summed E-state index contributed by atoms with van der Waals surface area (Å²) in [5, 5.41) is 21.9. The van der Waals surface area contributed by atoms with E-state index in [4.69, 9.17) is 4.74 Å². The minimum atomic E-state index is -0.650. The van der Waals surface area contributed by atoms with Gasteiger partial charge in [-0.15, -0.1) is 0 Å². The fourth-order valence-corrected chi connectivity index (χ4v) is 3.61. The highest BCUT2D eigenvalue weighted by Gasteiger charge is 2.18. The lowest BCUT2D eigenvalue weighted by molar-refractivity contribution is -0.384. The second kappa shape index (κ2) is 13.3. The van der Waals surface area contributed by atoms with E-state index in [1.165, 1.54) is 29.9 Å². The summed E-state index contributed by atoms with van der Waals surface area (Å²) in [6.45, 7) is 4.61. The van der Waals surface area contributed by atoms with Crippen LogP contribution in [0.1, 0.15) is 70.8 Å². The molecule has 10 heteroatoms. The van der Waals surface area contributed by atoms with Crippen LogP contribution in [-0.2, 0) is 13.1 Å². The number of nitrogens with zero attached hydrogens (tertiary/aromatic N) is 4. The Morgan fingerprint density at radius 2 is 1.68 bits per heavy atom. The zero-order valence-electron chi connectivity index (χ0n) is 20.2. The summed E-state index contributed by atoms with van der Waals surface area (Å²) in [6.07, 6.45) is 8.63. The predicted molar refractivity (Wildman–Crippen MR) is 132 cm³/mol. The van der Waals surface area contributed by atoms with Crippen molar-refractivity contribution in [3.8, 4) is 11.6 Å². The summed E-state index contributed by atoms with van der Waals surface area (Å²) >= 11 is 0. The third-order valence-electron chi connectivity index (χ3n) is 5.61. The highest BCUT2D eigenvalue weighted by molar-refractivity contribution is 5.85. The molecule has 2 rings (SSSR count). The number of ether oxygens (including phenoxy) is 1. The molecule has 0 fully saturated rings. The van der Waals surface area contributed by atoms with E-state index in [0.29, 0.717) is 12.8 Å². The number of aromatic hydroxyl groups is 1. The lowest BCUT2D eigenvalue weighted by Crippen LogP contribution is -2.41. The monoisotopic (exact) mass is 474 g/mol. The summed E-state index contributed by atoms with van der Waals surface area (Å²) in [7, 11) is 1.40. The van der Waals surface area contributed by atoms with Gasteiger partial charge in [0, 0.05) is 31.4 Å². The van der Waals surface area contributed by atoms with E-state index in [-0.39, 0.29) is 35.8 Å². The Morgan fingerprint density at radius 3 is 2.32 bits per heavy atom. The van der Waals surface area contributed by atoms with Crippen LogP contribution in [0.3, 0.4) is 0 Å². The van der Waals surface area contributed by atoms with Gasteiger partial charge in [0.2, 0.25) is 5.88 Å². The first-order valence-electron chi connectivity index (χ1n) is 11.8. The van der Waals surface area contributed by atoms with Gasteiger partial charge in [0.1, 0.15) is 17.0 Å². The molecule has 2 aromatic rings. The molecule has 0 aliphatic heterocycles. The molecule has 0 unspecified atom stereocenters. The second-order valence-electron chi connectivity index (χ2n) is 8.12. The summed E-state index contributed by atoms with van der Waals surface area (Å²) in [5.74, 6) is -0.183. The Labute approximate surface area is 198 Å². The van der Waals surface area contributed by atoms with Crippen LogP contribution in [0.2, 0.25) is 0 Å². The van der Waals surface area contributed by atoms with Crippen molar-refractivity contribution < 1.29 is 14.8 Å². The molecule has 0 aliphatic rings. The van der Waals surface area contributed by atoms with Gasteiger partial charge >= 0.3 is 5.69 Å². The molecule has 0 aliphatic carbocycles. The molecular weight excluding hydrogens is 440 g/mol. The van der Waals surface area contributed by atoms with Crippen LogP contribution in [0, 0.1) is 10.1 Å². The molecule has 0 spiro atoms. The first kappa shape index (κ1) is 26.8. The quantitative estimate of drug-likeness (QED) is 0.185. The Balaban J connectivity index is 2.46. The lowest BCUT2D eigenvalue weighted by Gasteiger charge is -2.14. The van der Waals surface area contributed by atoms with Crippen molar-refractivity contribution >= 4 is 17.6 Å². The molecule has 0 bridgehead atoms. The zero-order chi connectivity index (χ0) is 25.1. The average Bonchev–Trinajstić information content (AvgIpc) is 2.82. The minimum Gasteiger partial charge on any atom is -0.494 e. The summed E-state index contributed by atoms with van der Waals surface area (Å²) in [5.41, 5.74) is -1.40. The maximum Gasteiger partial charge on any atom is 0.333 e. The number of non-ortho nitro benzene ring substituents is 1. The topological polar surface area (TPSA) is 129 Å². The fraction of sp³-hybridized carbons (Fsp3) is 0.542. The average molecular weight is 475 g/mol. The van der Waals surface area contributed by atoms with Gasteiger partial charge in [0.15, 0.2) is 0 Å². The lowest BCUT2D eigenvalue weighted by atomic mass is 10.1. The molecule has 34 heavy (non-hydrogen) atoms. The summed E-state index contributed by atoms with van der Waals surface area (Å²) in [4.78, 5) is 40.7. The number of methoxy groups -OCH3 is 1. The van der Waals surface area contributed by atoms with Gasteiger partial charge in [-0.3, -0.25) is 29.0 Å². The van der Waals surface area contributed by atoms with Crippen LogP contribution >= 0.6 is 0 Å². The van der Waals surface area contributed by atoms with E-state index >= 15 is 0 Å². The SMILES string of the molecule is CCCCCCCCn1c(O)c(C=Nc2cc([N+](=O)[O-])ccc2OC)c(=O)n(CCCC)c1=O. The number of unbranched alkanes of at least 4 members (excludes halogenated alkanes) is 6. The maximum atomic E-state index is 13.0. The zero-order valence-corrected chi connectivity index (χ0v) is 20.2. The van der Waals surface area contributed by atoms with E-state index in [0.717, 1.165) is 49.3 Å². The molecule has 10 nitrogen and oxygen atoms in total. The van der Waals surface area contributed by atoms with Crippen LogP contribution in [0.15, 0.2) is 32.8 Å². The first-order chi connectivity index (χ1) is 16.3. The van der Waals surface area contributed by atoms with Crippen molar-refractivity contribution in [3.63, 3.8) is 0 Å². The summed E-state index contributed by atoms with van der Waals surface area (Å²) < 4.78 is 7.53. The van der Waals surface area contributed by atoms with Gasteiger partial charge in [0.05, 0.1) is 12.0 Å². The van der Waals surface area contributed by atoms with E-state index in [1.54, 1.807) is 0 Å². The largest absolute Gasteiger partial charge is 0.494 e. The fourth-order valence-electron chi connectivity index (χ4n) is 3.61. The van der Waals surface area contributed by atoms with Crippen LogP contribution < -0.4 is 16.0 Å². The molecule has 0 amide bonds. The van der Waals surface area contributed by atoms with Crippen LogP contribution in [0.4, 0.5) is 11.4 Å². The molecule has 0 radical (unpaired) electrons. The number of nitro groups is 1. The van der Waals surface area contributed by atoms with Crippen molar-refractivity contribution in [2.45, 2.75) is 78.3 Å². The van der Waals surface area contributed by atoms with Crippen molar-refractivity contribution in [3.05, 3.63) is 54.7 Å². The molecule has 186 valence electrons. The van der Waals surface area contributed by atoms with Crippen molar-refractivity contribution in [2.24, 2.45) is 4.99 Å². The molecule has 1 N–H and O–H groups in total. The van der Waals surface area contributed by atoms with Gasteiger partial charge < -0.3 is 9.84 Å². The molecule has 0 atom stereocenters.